The van der Waals surface area contributed by atoms with Crippen LogP contribution in [0.3, 0.4) is 0 Å². The maximum atomic E-state index is 5.21. The van der Waals surface area contributed by atoms with Crippen molar-refractivity contribution in [2.24, 2.45) is 9.98 Å². The third kappa shape index (κ3) is 22.8. The molecule has 0 aliphatic heterocycles. The van der Waals surface area contributed by atoms with Gasteiger partial charge in [-0.2, -0.15) is 0 Å². The van der Waals surface area contributed by atoms with E-state index >= 15 is 0 Å². The molecule has 0 amide bonds. The van der Waals surface area contributed by atoms with Gasteiger partial charge in [-0.15, -0.1) is 0 Å². The first-order valence-corrected chi connectivity index (χ1v) is 22.0. The predicted molar refractivity (Wildman–Crippen MR) is 227 cm³/mol. The Hall–Kier alpha value is -1.73. The summed E-state index contributed by atoms with van der Waals surface area (Å²) in [6.07, 6.45) is 40.6. The van der Waals surface area contributed by atoms with E-state index in [-0.39, 0.29) is 16.5 Å². The van der Waals surface area contributed by atoms with E-state index in [1.54, 1.807) is 0 Å². The standard InChI is InChI=1S/C48H80N2.Ni/c1-6-11-12-13-14-15-16-17-18-19-20-21-22-23-24-25-26-27-28-29-34-48(50-47-38-36-43(31-8-3)45(40-47)33-10-5)41-49-46-37-35-42(30-7-2)44(39-46)32-9-4;/h35-41H,6-34H2,1-5H3;. The van der Waals surface area contributed by atoms with Gasteiger partial charge in [-0.25, -0.2) is 0 Å². The molecule has 0 fully saturated rings. The second kappa shape index (κ2) is 32.9. The van der Waals surface area contributed by atoms with Gasteiger partial charge >= 0.3 is 0 Å². The molecule has 0 aliphatic rings. The number of hydrogen-bond acceptors (Lipinski definition) is 2. The molecule has 0 unspecified atom stereocenters. The van der Waals surface area contributed by atoms with Gasteiger partial charge in [-0.05, 0) is 85.0 Å². The van der Waals surface area contributed by atoms with Gasteiger partial charge in [0.2, 0.25) is 0 Å². The van der Waals surface area contributed by atoms with Crippen LogP contribution >= 0.6 is 0 Å². The summed E-state index contributed by atoms with van der Waals surface area (Å²) in [6, 6.07) is 13.7. The van der Waals surface area contributed by atoms with Crippen LogP contribution in [0.2, 0.25) is 0 Å². The van der Waals surface area contributed by atoms with Crippen molar-refractivity contribution in [3.63, 3.8) is 0 Å². The number of benzene rings is 2. The van der Waals surface area contributed by atoms with Gasteiger partial charge in [0, 0.05) is 22.7 Å². The molecular weight excluding hydrogens is 663 g/mol. The number of aliphatic imine (C=N–C) groups is 2. The summed E-state index contributed by atoms with van der Waals surface area (Å²) >= 11 is 0. The summed E-state index contributed by atoms with van der Waals surface area (Å²) in [7, 11) is 0. The molecule has 2 aromatic carbocycles. The first-order chi connectivity index (χ1) is 24.6. The van der Waals surface area contributed by atoms with Crippen LogP contribution in [0, 0.1) is 0 Å². The zero-order valence-electron chi connectivity index (χ0n) is 34.3. The quantitative estimate of drug-likeness (QED) is 0.0405. The second-order valence-electron chi connectivity index (χ2n) is 15.2. The van der Waals surface area contributed by atoms with Crippen LogP contribution in [0.25, 0.3) is 0 Å². The van der Waals surface area contributed by atoms with Gasteiger partial charge < -0.3 is 0 Å². The molecule has 0 saturated carbocycles. The summed E-state index contributed by atoms with van der Waals surface area (Å²) < 4.78 is 0. The fraction of sp³-hybridized carbons (Fsp3) is 0.708. The molecule has 0 aromatic heterocycles. The third-order valence-corrected chi connectivity index (χ3v) is 10.4. The number of nitrogens with zero attached hydrogens (tertiary/aromatic N) is 2. The van der Waals surface area contributed by atoms with Crippen LogP contribution < -0.4 is 0 Å². The molecule has 0 saturated heterocycles. The number of aryl methyl sites for hydroxylation is 4. The predicted octanol–water partition coefficient (Wildman–Crippen LogP) is 16.2. The molecular formula is C48H80N2Ni. The maximum Gasteiger partial charge on any atom is 0.0636 e. The average Bonchev–Trinajstić information content (AvgIpc) is 3.12. The molecule has 2 nitrogen and oxygen atoms in total. The van der Waals surface area contributed by atoms with Crippen LogP contribution in [-0.4, -0.2) is 11.9 Å². The first-order valence-electron chi connectivity index (χ1n) is 22.0. The van der Waals surface area contributed by atoms with Gasteiger partial charge in [0.25, 0.3) is 0 Å². The average molecular weight is 744 g/mol. The molecule has 0 spiro atoms. The van der Waals surface area contributed by atoms with E-state index in [0.29, 0.717) is 0 Å². The normalized spacial score (nSPS) is 11.8. The van der Waals surface area contributed by atoms with E-state index in [1.807, 2.05) is 0 Å². The molecule has 0 aliphatic carbocycles. The topological polar surface area (TPSA) is 24.7 Å². The Kier molecular flexibility index (Phi) is 30.5. The van der Waals surface area contributed by atoms with E-state index in [2.05, 4.69) is 77.2 Å². The molecule has 0 radical (unpaired) electrons. The maximum absolute atomic E-state index is 5.21. The smallest absolute Gasteiger partial charge is 0.0636 e. The minimum atomic E-state index is 0. The summed E-state index contributed by atoms with van der Waals surface area (Å²) in [6.45, 7) is 11.4. The van der Waals surface area contributed by atoms with Crippen molar-refractivity contribution in [1.82, 2.24) is 0 Å². The molecule has 2 aromatic rings. The minimum absolute atomic E-state index is 0. The fourth-order valence-corrected chi connectivity index (χ4v) is 7.43. The van der Waals surface area contributed by atoms with Crippen LogP contribution in [0.5, 0.6) is 0 Å². The van der Waals surface area contributed by atoms with Crippen LogP contribution in [0.15, 0.2) is 46.4 Å². The Balaban J connectivity index is 0.0000130. The zero-order chi connectivity index (χ0) is 35.9. The molecule has 0 heterocycles. The van der Waals surface area contributed by atoms with Gasteiger partial charge in [0.15, 0.2) is 0 Å². The Morgan fingerprint density at radius 3 is 1.18 bits per heavy atom. The van der Waals surface area contributed by atoms with Crippen LogP contribution in [-0.2, 0) is 42.2 Å². The van der Waals surface area contributed by atoms with Crippen molar-refractivity contribution >= 4 is 23.3 Å². The van der Waals surface area contributed by atoms with E-state index in [4.69, 9.17) is 9.98 Å². The van der Waals surface area contributed by atoms with Crippen LogP contribution in [0.1, 0.15) is 217 Å². The molecule has 0 bridgehead atoms. The number of rotatable bonds is 32. The molecule has 292 valence electrons. The Morgan fingerprint density at radius 2 is 0.765 bits per heavy atom. The second-order valence-corrected chi connectivity index (χ2v) is 15.2. The van der Waals surface area contributed by atoms with Gasteiger partial charge in [0.1, 0.15) is 0 Å². The Morgan fingerprint density at radius 1 is 0.412 bits per heavy atom. The van der Waals surface area contributed by atoms with Crippen molar-refractivity contribution in [3.05, 3.63) is 58.7 Å². The Bertz CT molecular complexity index is 1170. The van der Waals surface area contributed by atoms with E-state index < -0.39 is 0 Å². The molecule has 51 heavy (non-hydrogen) atoms. The third-order valence-electron chi connectivity index (χ3n) is 10.4. The molecule has 0 N–H and O–H groups in total. The fourth-order valence-electron chi connectivity index (χ4n) is 7.43. The largest absolute Gasteiger partial charge is 0.255 e. The first kappa shape index (κ1) is 47.3. The summed E-state index contributed by atoms with van der Waals surface area (Å²) in [5.41, 5.74) is 9.19. The molecule has 0 atom stereocenters. The summed E-state index contributed by atoms with van der Waals surface area (Å²) in [4.78, 5) is 10.2. The van der Waals surface area contributed by atoms with Gasteiger partial charge in [0.05, 0.1) is 17.1 Å². The molecule has 2 rings (SSSR count). The van der Waals surface area contributed by atoms with E-state index in [1.165, 1.54) is 176 Å². The van der Waals surface area contributed by atoms with Crippen molar-refractivity contribution < 1.29 is 16.5 Å². The van der Waals surface area contributed by atoms with Crippen molar-refractivity contribution in [3.8, 4) is 0 Å². The SMILES string of the molecule is CCCCCCCCCCCCCCCCCCCCCCC(C=Nc1ccc(CCC)c(CCC)c1)=Nc1ccc(CCC)c(CCC)c1.[Ni]. The summed E-state index contributed by atoms with van der Waals surface area (Å²) in [5.74, 6) is 0. The van der Waals surface area contributed by atoms with Crippen molar-refractivity contribution in [1.29, 1.82) is 0 Å². The Labute approximate surface area is 327 Å². The van der Waals surface area contributed by atoms with Crippen LogP contribution in [0.4, 0.5) is 11.4 Å². The van der Waals surface area contributed by atoms with E-state index in [9.17, 15) is 0 Å². The van der Waals surface area contributed by atoms with E-state index in [0.717, 1.165) is 49.2 Å². The van der Waals surface area contributed by atoms with Gasteiger partial charge in [-0.3, -0.25) is 9.98 Å². The monoisotopic (exact) mass is 743 g/mol. The minimum Gasteiger partial charge on any atom is -0.255 e. The number of hydrogen-bond donors (Lipinski definition) is 0. The van der Waals surface area contributed by atoms with Crippen molar-refractivity contribution in [2.45, 2.75) is 221 Å². The number of unbranched alkanes of at least 4 members (excludes halogenated alkanes) is 19. The summed E-state index contributed by atoms with van der Waals surface area (Å²) in [5, 5.41) is 0. The van der Waals surface area contributed by atoms with Gasteiger partial charge in [-0.1, -0.05) is 194 Å². The zero-order valence-corrected chi connectivity index (χ0v) is 35.2. The van der Waals surface area contributed by atoms with Crippen molar-refractivity contribution in [2.75, 3.05) is 0 Å². The molecule has 3 heteroatoms.